The predicted octanol–water partition coefficient (Wildman–Crippen LogP) is 6.58. The summed E-state index contributed by atoms with van der Waals surface area (Å²) in [5, 5.41) is 0.386. The highest BCUT2D eigenvalue weighted by atomic mass is 32.1. The fourth-order valence-electron chi connectivity index (χ4n) is 4.67. The summed E-state index contributed by atoms with van der Waals surface area (Å²) in [6.45, 7) is 0. The zero-order valence-corrected chi connectivity index (χ0v) is 20.5. The molecule has 5 aromatic rings. The van der Waals surface area contributed by atoms with Gasteiger partial charge in [-0.25, -0.2) is 13.8 Å². The fraction of sp³-hybridized carbons (Fsp3) is 0.0667. The van der Waals surface area contributed by atoms with Crippen LogP contribution in [0.1, 0.15) is 21.6 Å². The van der Waals surface area contributed by atoms with Crippen LogP contribution < -0.4 is 10.6 Å². The molecule has 0 atom stereocenters. The van der Waals surface area contributed by atoms with E-state index in [4.69, 9.17) is 5.73 Å². The Balaban J connectivity index is 1.93. The molecule has 0 unspecified atom stereocenters. The molecule has 4 nitrogen and oxygen atoms in total. The molecule has 0 spiro atoms. The summed E-state index contributed by atoms with van der Waals surface area (Å²) < 4.78 is 30.5. The number of nitrogens with zero attached hydrogens (tertiary/aromatic N) is 2. The molecular weight excluding hydrogens is 488 g/mol. The summed E-state index contributed by atoms with van der Waals surface area (Å²) in [5.74, 6) is -2.47. The summed E-state index contributed by atoms with van der Waals surface area (Å²) in [6, 6.07) is 33.1. The number of hydrogen-bond acceptors (Lipinski definition) is 4. The molecule has 0 fully saturated rings. The second-order valence-electron chi connectivity index (χ2n) is 8.47. The second-order valence-corrected chi connectivity index (χ2v) is 9.56. The van der Waals surface area contributed by atoms with E-state index in [0.717, 1.165) is 22.8 Å². The number of rotatable bonds is 8. The molecular formula is C30H23F2N3OS. The quantitative estimate of drug-likeness (QED) is 0.240. The molecule has 1 aromatic heterocycles. The normalized spacial score (nSPS) is 11.3. The van der Waals surface area contributed by atoms with E-state index in [1.807, 2.05) is 91.0 Å². The van der Waals surface area contributed by atoms with Gasteiger partial charge in [0.05, 0.1) is 12.1 Å². The minimum absolute atomic E-state index is 0.00779. The number of primary amides is 1. The van der Waals surface area contributed by atoms with Gasteiger partial charge in [-0.3, -0.25) is 9.69 Å². The Kier molecular flexibility index (Phi) is 6.79. The van der Waals surface area contributed by atoms with Crippen molar-refractivity contribution in [3.63, 3.8) is 0 Å². The van der Waals surface area contributed by atoms with Gasteiger partial charge in [-0.1, -0.05) is 97.1 Å². The first-order valence-corrected chi connectivity index (χ1v) is 12.5. The minimum Gasteiger partial charge on any atom is -0.369 e. The lowest BCUT2D eigenvalue weighted by atomic mass is 9.75. The number of nitrogens with two attached hydrogens (primary N) is 1. The third-order valence-electron chi connectivity index (χ3n) is 6.16. The van der Waals surface area contributed by atoms with Crippen LogP contribution in [0, 0.1) is 11.6 Å². The summed E-state index contributed by atoms with van der Waals surface area (Å²) >= 11 is 1.21. The molecule has 0 saturated heterocycles. The van der Waals surface area contributed by atoms with E-state index in [1.54, 1.807) is 11.1 Å². The van der Waals surface area contributed by atoms with Gasteiger partial charge in [0.1, 0.15) is 5.54 Å². The maximum atomic E-state index is 15.7. The van der Waals surface area contributed by atoms with Crippen molar-refractivity contribution < 1.29 is 13.6 Å². The highest BCUT2D eigenvalue weighted by Crippen LogP contribution is 2.50. The Morgan fingerprint density at radius 2 is 1.30 bits per heavy atom. The van der Waals surface area contributed by atoms with Gasteiger partial charge in [0, 0.05) is 11.1 Å². The number of benzene rings is 4. The Labute approximate surface area is 217 Å². The number of thiazole rings is 1. The average molecular weight is 512 g/mol. The minimum atomic E-state index is -1.15. The van der Waals surface area contributed by atoms with Crippen LogP contribution >= 0.6 is 11.3 Å². The number of carbonyl (C=O) groups is 1. The molecule has 4 aromatic carbocycles. The molecule has 0 saturated carbocycles. The number of anilines is 2. The van der Waals surface area contributed by atoms with Crippen molar-refractivity contribution in [2.75, 3.05) is 4.90 Å². The number of halogens is 2. The molecule has 0 radical (unpaired) electrons. The molecule has 1 amide bonds. The zero-order valence-electron chi connectivity index (χ0n) is 19.7. The maximum Gasteiger partial charge on any atom is 0.222 e. The largest absolute Gasteiger partial charge is 0.369 e. The zero-order chi connectivity index (χ0) is 25.8. The molecule has 37 heavy (non-hydrogen) atoms. The fourth-order valence-corrected chi connectivity index (χ4v) is 5.66. The van der Waals surface area contributed by atoms with Crippen LogP contribution in [0.4, 0.5) is 19.6 Å². The van der Waals surface area contributed by atoms with Gasteiger partial charge in [0.25, 0.3) is 0 Å². The van der Waals surface area contributed by atoms with Gasteiger partial charge in [0.15, 0.2) is 16.8 Å². The van der Waals surface area contributed by atoms with Gasteiger partial charge in [0.2, 0.25) is 5.91 Å². The van der Waals surface area contributed by atoms with Crippen molar-refractivity contribution in [1.29, 1.82) is 0 Å². The van der Waals surface area contributed by atoms with E-state index < -0.39 is 23.1 Å². The van der Waals surface area contributed by atoms with E-state index in [1.165, 1.54) is 23.5 Å². The van der Waals surface area contributed by atoms with E-state index in [9.17, 15) is 9.18 Å². The molecule has 0 bridgehead atoms. The number of hydrogen-bond donors (Lipinski definition) is 1. The Morgan fingerprint density at radius 3 is 1.78 bits per heavy atom. The maximum absolute atomic E-state index is 15.7. The summed E-state index contributed by atoms with van der Waals surface area (Å²) in [5.41, 5.74) is 6.76. The van der Waals surface area contributed by atoms with Crippen molar-refractivity contribution in [3.05, 3.63) is 149 Å². The SMILES string of the molecule is NC(=O)Cc1cnc(N(c2cccc(F)c2F)C(c2ccccc2)(c2ccccc2)c2ccccc2)s1. The molecule has 2 N–H and O–H groups in total. The van der Waals surface area contributed by atoms with Gasteiger partial charge in [-0.2, -0.15) is 0 Å². The van der Waals surface area contributed by atoms with Crippen LogP contribution in [0.3, 0.4) is 0 Å². The van der Waals surface area contributed by atoms with Crippen LogP contribution in [0.15, 0.2) is 115 Å². The third-order valence-corrected chi connectivity index (χ3v) is 7.15. The monoisotopic (exact) mass is 511 g/mol. The van der Waals surface area contributed by atoms with Crippen LogP contribution in [0.5, 0.6) is 0 Å². The standard InChI is InChI=1S/C30H23F2N3OS/c31-25-17-10-18-26(28(25)32)35(29-34-20-24(37-29)19-27(33)36)30(21-11-4-1-5-12-21,22-13-6-2-7-14-22)23-15-8-3-9-16-23/h1-18,20H,19H2,(H2,33,36). The van der Waals surface area contributed by atoms with Crippen molar-refractivity contribution in [1.82, 2.24) is 4.98 Å². The number of aromatic nitrogens is 1. The molecule has 0 aliphatic rings. The van der Waals surface area contributed by atoms with E-state index in [2.05, 4.69) is 4.98 Å². The summed E-state index contributed by atoms with van der Waals surface area (Å²) in [6.07, 6.45) is 1.55. The first-order valence-electron chi connectivity index (χ1n) is 11.7. The highest BCUT2D eigenvalue weighted by Gasteiger charge is 2.45. The van der Waals surface area contributed by atoms with Gasteiger partial charge >= 0.3 is 0 Å². The molecule has 1 heterocycles. The van der Waals surface area contributed by atoms with Gasteiger partial charge < -0.3 is 5.73 Å². The number of carbonyl (C=O) groups excluding carboxylic acids is 1. The van der Waals surface area contributed by atoms with Gasteiger partial charge in [-0.15, -0.1) is 11.3 Å². The van der Waals surface area contributed by atoms with Crippen molar-refractivity contribution in [2.45, 2.75) is 12.0 Å². The summed E-state index contributed by atoms with van der Waals surface area (Å²) in [7, 11) is 0. The third kappa shape index (κ3) is 4.49. The van der Waals surface area contributed by atoms with E-state index >= 15 is 4.39 Å². The van der Waals surface area contributed by atoms with Crippen LogP contribution in [-0.4, -0.2) is 10.9 Å². The highest BCUT2D eigenvalue weighted by molar-refractivity contribution is 7.15. The van der Waals surface area contributed by atoms with E-state index in [-0.39, 0.29) is 12.1 Å². The van der Waals surface area contributed by atoms with Crippen molar-refractivity contribution in [3.8, 4) is 0 Å². The molecule has 5 rings (SSSR count). The molecule has 7 heteroatoms. The lowest BCUT2D eigenvalue weighted by Crippen LogP contribution is -2.46. The van der Waals surface area contributed by atoms with Crippen molar-refractivity contribution in [2.24, 2.45) is 5.73 Å². The first kappa shape index (κ1) is 24.3. The van der Waals surface area contributed by atoms with E-state index in [0.29, 0.717) is 10.0 Å². The van der Waals surface area contributed by atoms with Crippen molar-refractivity contribution >= 4 is 28.1 Å². The average Bonchev–Trinajstić information content (AvgIpc) is 3.38. The van der Waals surface area contributed by atoms with Crippen LogP contribution in [0.2, 0.25) is 0 Å². The Hall–Kier alpha value is -4.36. The first-order chi connectivity index (χ1) is 18.0. The molecule has 0 aliphatic carbocycles. The lowest BCUT2D eigenvalue weighted by Gasteiger charge is -2.45. The lowest BCUT2D eigenvalue weighted by molar-refractivity contribution is -0.117. The summed E-state index contributed by atoms with van der Waals surface area (Å²) in [4.78, 5) is 18.6. The van der Waals surface area contributed by atoms with Crippen LogP contribution in [0.25, 0.3) is 0 Å². The molecule has 184 valence electrons. The van der Waals surface area contributed by atoms with Crippen LogP contribution in [-0.2, 0) is 16.8 Å². The Bertz CT molecular complexity index is 1410. The predicted molar refractivity (Wildman–Crippen MR) is 143 cm³/mol. The topological polar surface area (TPSA) is 59.2 Å². The van der Waals surface area contributed by atoms with Gasteiger partial charge in [-0.05, 0) is 28.8 Å². The number of amides is 1. The smallest absolute Gasteiger partial charge is 0.222 e. The Morgan fingerprint density at radius 1 is 0.784 bits per heavy atom. The second kappa shape index (κ2) is 10.3. The molecule has 0 aliphatic heterocycles.